The molecule has 6 rings (SSSR count). The van der Waals surface area contributed by atoms with Crippen LogP contribution in [0.25, 0.3) is 22.2 Å². The van der Waals surface area contributed by atoms with E-state index >= 15 is 4.39 Å². The fraction of sp³-hybridized carbons (Fsp3) is 0.208. The van der Waals surface area contributed by atoms with Crippen molar-refractivity contribution in [3.63, 3.8) is 0 Å². The summed E-state index contributed by atoms with van der Waals surface area (Å²) in [7, 11) is 1.56. The van der Waals surface area contributed by atoms with Crippen molar-refractivity contribution in [3.8, 4) is 5.69 Å². The van der Waals surface area contributed by atoms with Crippen LogP contribution in [0.4, 0.5) is 4.39 Å². The number of carbonyl (C=O) groups is 1. The standard InChI is InChI=1S/C24H21FN8O2/c1-13-8-28-33-18-6-5-14(19(25)20(18)29-24(35)22(13)33)9-31-10-15-11-32(30-16(15)12-31)17-4-3-7-27-21(17)23(34)26-2/h3-8,11H,9-10,12H2,1-2H3,(H,26,34)(H,29,35). The first-order valence-corrected chi connectivity index (χ1v) is 11.1. The lowest BCUT2D eigenvalue weighted by Gasteiger charge is -2.17. The van der Waals surface area contributed by atoms with Crippen LogP contribution in [0.3, 0.4) is 0 Å². The Hall–Kier alpha value is -4.38. The van der Waals surface area contributed by atoms with E-state index in [1.807, 2.05) is 6.20 Å². The number of pyridine rings is 1. The minimum Gasteiger partial charge on any atom is -0.354 e. The lowest BCUT2D eigenvalue weighted by Crippen LogP contribution is -2.22. The van der Waals surface area contributed by atoms with Gasteiger partial charge in [0, 0.05) is 55.8 Å². The molecule has 5 heterocycles. The molecule has 0 saturated heterocycles. The number of aromatic nitrogens is 6. The maximum absolute atomic E-state index is 15.4. The highest BCUT2D eigenvalue weighted by Crippen LogP contribution is 2.27. The minimum atomic E-state index is -0.463. The van der Waals surface area contributed by atoms with E-state index in [-0.39, 0.29) is 17.0 Å². The molecule has 1 amide bonds. The summed E-state index contributed by atoms with van der Waals surface area (Å²) < 4.78 is 18.6. The van der Waals surface area contributed by atoms with Crippen LogP contribution in [-0.4, -0.2) is 47.2 Å². The predicted molar refractivity (Wildman–Crippen MR) is 126 cm³/mol. The van der Waals surface area contributed by atoms with Gasteiger partial charge in [-0.15, -0.1) is 0 Å². The molecule has 0 fully saturated rings. The predicted octanol–water partition coefficient (Wildman–Crippen LogP) is 2.08. The first-order valence-electron chi connectivity index (χ1n) is 11.1. The largest absolute Gasteiger partial charge is 0.354 e. The monoisotopic (exact) mass is 472 g/mol. The minimum absolute atomic E-state index is 0.142. The molecule has 176 valence electrons. The summed E-state index contributed by atoms with van der Waals surface area (Å²) in [6, 6.07) is 7.06. The third-order valence-electron chi connectivity index (χ3n) is 6.35. The van der Waals surface area contributed by atoms with E-state index < -0.39 is 5.82 Å². The van der Waals surface area contributed by atoms with Crippen molar-refractivity contribution in [2.45, 2.75) is 26.6 Å². The van der Waals surface area contributed by atoms with Crippen LogP contribution in [-0.2, 0) is 19.6 Å². The number of hydrogen-bond donors (Lipinski definition) is 2. The zero-order valence-corrected chi connectivity index (χ0v) is 19.0. The maximum atomic E-state index is 15.4. The number of amides is 1. The highest BCUT2D eigenvalue weighted by Gasteiger charge is 2.26. The number of rotatable bonds is 4. The second-order valence-electron chi connectivity index (χ2n) is 8.62. The number of H-pyrrole nitrogens is 1. The van der Waals surface area contributed by atoms with Crippen LogP contribution in [0.5, 0.6) is 0 Å². The Morgan fingerprint density at radius 1 is 1.26 bits per heavy atom. The number of fused-ring (bicyclic) bond motifs is 4. The van der Waals surface area contributed by atoms with E-state index in [2.05, 4.69) is 30.4 Å². The summed E-state index contributed by atoms with van der Waals surface area (Å²) in [5.74, 6) is -0.750. The highest BCUT2D eigenvalue weighted by atomic mass is 19.1. The van der Waals surface area contributed by atoms with Crippen molar-refractivity contribution in [1.82, 2.24) is 39.6 Å². The molecule has 0 saturated carbocycles. The van der Waals surface area contributed by atoms with Gasteiger partial charge >= 0.3 is 0 Å². The van der Waals surface area contributed by atoms with E-state index in [0.717, 1.165) is 16.8 Å². The van der Waals surface area contributed by atoms with Crippen molar-refractivity contribution in [2.75, 3.05) is 7.05 Å². The normalized spacial score (nSPS) is 13.6. The fourth-order valence-electron chi connectivity index (χ4n) is 4.66. The average molecular weight is 472 g/mol. The van der Waals surface area contributed by atoms with E-state index in [4.69, 9.17) is 0 Å². The molecule has 4 aromatic heterocycles. The van der Waals surface area contributed by atoms with Gasteiger partial charge in [-0.05, 0) is 25.1 Å². The van der Waals surface area contributed by atoms with Crippen molar-refractivity contribution in [3.05, 3.63) is 87.1 Å². The van der Waals surface area contributed by atoms with Gasteiger partial charge in [0.15, 0.2) is 11.5 Å². The molecule has 0 unspecified atom stereocenters. The van der Waals surface area contributed by atoms with Gasteiger partial charge in [0.2, 0.25) is 0 Å². The lowest BCUT2D eigenvalue weighted by molar-refractivity contribution is 0.0958. The number of carbonyl (C=O) groups excluding carboxylic acids is 1. The molecule has 11 heteroatoms. The van der Waals surface area contributed by atoms with Gasteiger partial charge in [-0.3, -0.25) is 14.5 Å². The Morgan fingerprint density at radius 2 is 2.11 bits per heavy atom. The summed E-state index contributed by atoms with van der Waals surface area (Å²) in [5.41, 5.74) is 4.66. The first-order chi connectivity index (χ1) is 16.9. The number of nitrogens with one attached hydrogen (secondary N) is 2. The van der Waals surface area contributed by atoms with Gasteiger partial charge in [-0.1, -0.05) is 6.07 Å². The molecular formula is C24H21FN8O2. The Balaban J connectivity index is 1.27. The molecule has 1 aromatic carbocycles. The van der Waals surface area contributed by atoms with Crippen LogP contribution in [0.1, 0.15) is 32.9 Å². The van der Waals surface area contributed by atoms with E-state index in [1.165, 1.54) is 4.52 Å². The molecule has 5 aromatic rings. The van der Waals surface area contributed by atoms with Crippen molar-refractivity contribution in [2.24, 2.45) is 0 Å². The van der Waals surface area contributed by atoms with Crippen molar-refractivity contribution >= 4 is 22.5 Å². The molecule has 0 atom stereocenters. The number of halogens is 1. The summed E-state index contributed by atoms with van der Waals surface area (Å²) in [5, 5.41) is 11.5. The molecule has 0 aliphatic carbocycles. The highest BCUT2D eigenvalue weighted by molar-refractivity contribution is 5.95. The Kier molecular flexibility index (Phi) is 4.74. The van der Waals surface area contributed by atoms with Crippen LogP contribution in [0, 0.1) is 12.7 Å². The lowest BCUT2D eigenvalue weighted by atomic mass is 10.1. The van der Waals surface area contributed by atoms with Gasteiger partial charge in [0.05, 0.1) is 23.1 Å². The molecule has 10 nitrogen and oxygen atoms in total. The second kappa shape index (κ2) is 7.84. The third-order valence-corrected chi connectivity index (χ3v) is 6.35. The van der Waals surface area contributed by atoms with Crippen molar-refractivity contribution < 1.29 is 9.18 Å². The Bertz CT molecular complexity index is 1680. The van der Waals surface area contributed by atoms with Crippen LogP contribution < -0.4 is 10.9 Å². The van der Waals surface area contributed by atoms with Gasteiger partial charge in [-0.2, -0.15) is 10.2 Å². The van der Waals surface area contributed by atoms with Gasteiger partial charge in [0.1, 0.15) is 11.0 Å². The first kappa shape index (κ1) is 21.2. The molecule has 0 radical (unpaired) electrons. The maximum Gasteiger partial charge on any atom is 0.274 e. The third kappa shape index (κ3) is 3.31. The molecule has 0 spiro atoms. The van der Waals surface area contributed by atoms with Crippen molar-refractivity contribution in [1.29, 1.82) is 0 Å². The van der Waals surface area contributed by atoms with Gasteiger partial charge in [-0.25, -0.2) is 18.6 Å². The Morgan fingerprint density at radius 3 is 2.91 bits per heavy atom. The molecule has 35 heavy (non-hydrogen) atoms. The zero-order valence-electron chi connectivity index (χ0n) is 19.0. The molecule has 2 N–H and O–H groups in total. The number of nitrogens with zero attached hydrogens (tertiary/aromatic N) is 6. The van der Waals surface area contributed by atoms with Gasteiger partial charge in [0.25, 0.3) is 11.5 Å². The molecule has 1 aliphatic heterocycles. The number of hydrogen-bond acceptors (Lipinski definition) is 6. The van der Waals surface area contributed by atoms with E-state index in [0.29, 0.717) is 47.6 Å². The van der Waals surface area contributed by atoms with E-state index in [9.17, 15) is 9.59 Å². The van der Waals surface area contributed by atoms with Gasteiger partial charge < -0.3 is 10.3 Å². The SMILES string of the molecule is CNC(=O)c1ncccc1-n1cc2c(n1)CN(Cc1ccc3c([nH]c(=O)c4c(C)cnn43)c1F)C2. The van der Waals surface area contributed by atoms with Crippen LogP contribution in [0.15, 0.2) is 47.7 Å². The molecule has 0 bridgehead atoms. The van der Waals surface area contributed by atoms with E-state index in [1.54, 1.807) is 55.3 Å². The van der Waals surface area contributed by atoms with Crippen LogP contribution >= 0.6 is 0 Å². The number of aromatic amines is 1. The number of benzene rings is 1. The number of aryl methyl sites for hydroxylation is 1. The Labute approximate surface area is 198 Å². The second-order valence-corrected chi connectivity index (χ2v) is 8.62. The summed E-state index contributed by atoms with van der Waals surface area (Å²) in [4.78, 5) is 33.6. The fourth-order valence-corrected chi connectivity index (χ4v) is 4.66. The quantitative estimate of drug-likeness (QED) is 0.414. The molecule has 1 aliphatic rings. The van der Waals surface area contributed by atoms with Crippen LogP contribution in [0.2, 0.25) is 0 Å². The topological polar surface area (TPSA) is 113 Å². The average Bonchev–Trinajstić information content (AvgIpc) is 3.54. The summed E-state index contributed by atoms with van der Waals surface area (Å²) in [6.45, 7) is 3.26. The molecular weight excluding hydrogens is 451 g/mol. The zero-order chi connectivity index (χ0) is 24.3. The smallest absolute Gasteiger partial charge is 0.274 e. The summed E-state index contributed by atoms with van der Waals surface area (Å²) >= 11 is 0. The summed E-state index contributed by atoms with van der Waals surface area (Å²) in [6.07, 6.45) is 5.04.